The summed E-state index contributed by atoms with van der Waals surface area (Å²) in [5, 5.41) is 0. The van der Waals surface area contributed by atoms with Crippen LogP contribution in [0.25, 0.3) is 0 Å². The van der Waals surface area contributed by atoms with Gasteiger partial charge in [-0.3, -0.25) is 0 Å². The van der Waals surface area contributed by atoms with Crippen LogP contribution in [0.1, 0.15) is 20.8 Å². The molecule has 0 aromatic rings. The SMILES string of the molecule is CN(C)C1=NCN(C(C)(C)C)C=N1. The lowest BCUT2D eigenvalue weighted by Crippen LogP contribution is -2.43. The maximum absolute atomic E-state index is 4.35. The molecule has 74 valence electrons. The summed E-state index contributed by atoms with van der Waals surface area (Å²) in [7, 11) is 3.89. The molecule has 4 nitrogen and oxygen atoms in total. The van der Waals surface area contributed by atoms with Gasteiger partial charge in [0.2, 0.25) is 5.96 Å². The molecule has 0 aliphatic carbocycles. The van der Waals surface area contributed by atoms with Crippen molar-refractivity contribution >= 4 is 12.3 Å². The molecule has 0 aromatic carbocycles. The minimum absolute atomic E-state index is 0.102. The first-order chi connectivity index (χ1) is 5.91. The quantitative estimate of drug-likeness (QED) is 0.559. The molecule has 0 saturated carbocycles. The van der Waals surface area contributed by atoms with Crippen molar-refractivity contribution in [3.8, 4) is 0 Å². The Morgan fingerprint density at radius 2 is 2.00 bits per heavy atom. The number of hydrogen-bond donors (Lipinski definition) is 0. The van der Waals surface area contributed by atoms with E-state index in [4.69, 9.17) is 0 Å². The van der Waals surface area contributed by atoms with Gasteiger partial charge in [0.25, 0.3) is 0 Å². The first-order valence-electron chi connectivity index (χ1n) is 4.44. The summed E-state index contributed by atoms with van der Waals surface area (Å²) < 4.78 is 0. The van der Waals surface area contributed by atoms with Gasteiger partial charge in [-0.1, -0.05) is 0 Å². The van der Waals surface area contributed by atoms with Crippen molar-refractivity contribution < 1.29 is 0 Å². The van der Waals surface area contributed by atoms with E-state index in [0.717, 1.165) is 5.96 Å². The number of aliphatic imine (C=N–C) groups is 2. The van der Waals surface area contributed by atoms with Crippen LogP contribution in [0, 0.1) is 0 Å². The summed E-state index contributed by atoms with van der Waals surface area (Å²) in [6, 6.07) is 0. The molecule has 0 saturated heterocycles. The second-order valence-electron chi connectivity index (χ2n) is 4.38. The molecule has 1 aliphatic heterocycles. The van der Waals surface area contributed by atoms with Gasteiger partial charge in [0.1, 0.15) is 6.67 Å². The second-order valence-corrected chi connectivity index (χ2v) is 4.38. The van der Waals surface area contributed by atoms with Gasteiger partial charge in [0, 0.05) is 19.6 Å². The summed E-state index contributed by atoms with van der Waals surface area (Å²) in [6.07, 6.45) is 1.86. The number of guanidine groups is 1. The highest BCUT2D eigenvalue weighted by atomic mass is 15.4. The summed E-state index contributed by atoms with van der Waals surface area (Å²) >= 11 is 0. The Morgan fingerprint density at radius 1 is 1.38 bits per heavy atom. The highest BCUT2D eigenvalue weighted by molar-refractivity contribution is 5.88. The van der Waals surface area contributed by atoms with Crippen molar-refractivity contribution in [3.63, 3.8) is 0 Å². The molecule has 0 aromatic heterocycles. The molecule has 0 atom stereocenters. The van der Waals surface area contributed by atoms with Gasteiger partial charge in [-0.25, -0.2) is 9.98 Å². The lowest BCUT2D eigenvalue weighted by molar-refractivity contribution is 0.247. The Morgan fingerprint density at radius 3 is 2.31 bits per heavy atom. The number of hydrogen-bond acceptors (Lipinski definition) is 4. The Balaban J connectivity index is 2.64. The zero-order chi connectivity index (χ0) is 10.1. The van der Waals surface area contributed by atoms with Crippen LogP contribution in [0.5, 0.6) is 0 Å². The molecule has 4 heteroatoms. The Labute approximate surface area is 80.0 Å². The van der Waals surface area contributed by atoms with Gasteiger partial charge >= 0.3 is 0 Å². The van der Waals surface area contributed by atoms with Crippen molar-refractivity contribution in [1.29, 1.82) is 0 Å². The van der Waals surface area contributed by atoms with Gasteiger partial charge < -0.3 is 9.80 Å². The fraction of sp³-hybridized carbons (Fsp3) is 0.778. The maximum Gasteiger partial charge on any atom is 0.223 e. The van der Waals surface area contributed by atoms with E-state index in [1.165, 1.54) is 0 Å². The number of nitrogens with zero attached hydrogens (tertiary/aromatic N) is 4. The average molecular weight is 182 g/mol. The monoisotopic (exact) mass is 182 g/mol. The van der Waals surface area contributed by atoms with Crippen molar-refractivity contribution in [3.05, 3.63) is 0 Å². The van der Waals surface area contributed by atoms with E-state index in [9.17, 15) is 0 Å². The van der Waals surface area contributed by atoms with Gasteiger partial charge in [-0.15, -0.1) is 0 Å². The summed E-state index contributed by atoms with van der Waals surface area (Å²) in [6.45, 7) is 7.14. The normalized spacial score (nSPS) is 17.3. The first kappa shape index (κ1) is 10.0. The van der Waals surface area contributed by atoms with Gasteiger partial charge in [-0.2, -0.15) is 0 Å². The Kier molecular flexibility index (Phi) is 2.59. The molecule has 0 N–H and O–H groups in total. The zero-order valence-corrected chi connectivity index (χ0v) is 9.07. The van der Waals surface area contributed by atoms with E-state index in [1.54, 1.807) is 0 Å². The molecule has 1 aliphatic rings. The van der Waals surface area contributed by atoms with E-state index in [2.05, 4.69) is 35.7 Å². The molecular formula is C9H18N4. The van der Waals surface area contributed by atoms with Crippen LogP contribution >= 0.6 is 0 Å². The van der Waals surface area contributed by atoms with E-state index in [0.29, 0.717) is 6.67 Å². The molecule has 0 spiro atoms. The smallest absolute Gasteiger partial charge is 0.223 e. The predicted octanol–water partition coefficient (Wildman–Crippen LogP) is 1.00. The van der Waals surface area contributed by atoms with Crippen LogP contribution in [0.3, 0.4) is 0 Å². The van der Waals surface area contributed by atoms with Crippen LogP contribution in [0.2, 0.25) is 0 Å². The zero-order valence-electron chi connectivity index (χ0n) is 9.07. The summed E-state index contributed by atoms with van der Waals surface area (Å²) in [5.74, 6) is 0.792. The third kappa shape index (κ3) is 2.44. The first-order valence-corrected chi connectivity index (χ1v) is 4.44. The standard InChI is InChI=1S/C9H18N4/c1-9(2,3)13-6-10-8(11-7-13)12(4)5/h6H,7H2,1-5H3. The van der Waals surface area contributed by atoms with Crippen molar-refractivity contribution in [2.24, 2.45) is 9.98 Å². The third-order valence-electron chi connectivity index (χ3n) is 1.94. The van der Waals surface area contributed by atoms with Gasteiger partial charge in [0.15, 0.2) is 0 Å². The summed E-state index contributed by atoms with van der Waals surface area (Å²) in [4.78, 5) is 12.6. The highest BCUT2D eigenvalue weighted by Crippen LogP contribution is 2.12. The van der Waals surface area contributed by atoms with E-state index >= 15 is 0 Å². The van der Waals surface area contributed by atoms with E-state index in [-0.39, 0.29) is 5.54 Å². The van der Waals surface area contributed by atoms with Crippen LogP contribution in [0.4, 0.5) is 0 Å². The van der Waals surface area contributed by atoms with Gasteiger partial charge in [-0.05, 0) is 20.8 Å². The minimum Gasteiger partial charge on any atom is -0.347 e. The third-order valence-corrected chi connectivity index (χ3v) is 1.94. The van der Waals surface area contributed by atoms with Crippen molar-refractivity contribution in [1.82, 2.24) is 9.80 Å². The van der Waals surface area contributed by atoms with Crippen molar-refractivity contribution in [2.75, 3.05) is 20.8 Å². The fourth-order valence-corrected chi connectivity index (χ4v) is 0.980. The highest BCUT2D eigenvalue weighted by Gasteiger charge is 2.20. The Hall–Kier alpha value is -1.06. The molecule has 0 unspecified atom stereocenters. The molecule has 0 bridgehead atoms. The van der Waals surface area contributed by atoms with Gasteiger partial charge in [0.05, 0.1) is 6.34 Å². The second kappa shape index (κ2) is 3.36. The van der Waals surface area contributed by atoms with Crippen LogP contribution in [-0.2, 0) is 0 Å². The largest absolute Gasteiger partial charge is 0.347 e. The molecule has 0 fully saturated rings. The molecule has 0 radical (unpaired) electrons. The number of rotatable bonds is 0. The predicted molar refractivity (Wildman–Crippen MR) is 56.1 cm³/mol. The van der Waals surface area contributed by atoms with Crippen LogP contribution < -0.4 is 0 Å². The lowest BCUT2D eigenvalue weighted by Gasteiger charge is -2.34. The van der Waals surface area contributed by atoms with E-state index in [1.807, 2.05) is 25.3 Å². The Bertz CT molecular complexity index is 234. The molecule has 0 amide bonds. The summed E-state index contributed by atoms with van der Waals surface area (Å²) in [5.41, 5.74) is 0.102. The van der Waals surface area contributed by atoms with Crippen LogP contribution in [-0.4, -0.2) is 48.4 Å². The average Bonchev–Trinajstić information content (AvgIpc) is 2.03. The van der Waals surface area contributed by atoms with Crippen LogP contribution in [0.15, 0.2) is 9.98 Å². The maximum atomic E-state index is 4.35. The molecule has 13 heavy (non-hydrogen) atoms. The molecule has 1 rings (SSSR count). The fourth-order valence-electron chi connectivity index (χ4n) is 0.980. The molecular weight excluding hydrogens is 164 g/mol. The minimum atomic E-state index is 0.102. The topological polar surface area (TPSA) is 31.2 Å². The van der Waals surface area contributed by atoms with Crippen molar-refractivity contribution in [2.45, 2.75) is 26.3 Å². The lowest BCUT2D eigenvalue weighted by atomic mass is 10.1. The molecule has 1 heterocycles. The van der Waals surface area contributed by atoms with E-state index < -0.39 is 0 Å².